The lowest BCUT2D eigenvalue weighted by Crippen LogP contribution is -2.44. The fourth-order valence-electron chi connectivity index (χ4n) is 1.86. The van der Waals surface area contributed by atoms with Crippen LogP contribution >= 0.6 is 11.6 Å². The van der Waals surface area contributed by atoms with E-state index in [2.05, 4.69) is 10.6 Å². The van der Waals surface area contributed by atoms with Crippen molar-refractivity contribution in [2.75, 3.05) is 19.8 Å². The van der Waals surface area contributed by atoms with Gasteiger partial charge in [0.15, 0.2) is 0 Å². The van der Waals surface area contributed by atoms with Crippen LogP contribution in [0.15, 0.2) is 18.2 Å². The van der Waals surface area contributed by atoms with Crippen LogP contribution in [0.3, 0.4) is 0 Å². The van der Waals surface area contributed by atoms with Gasteiger partial charge in [-0.25, -0.2) is 4.79 Å². The van der Waals surface area contributed by atoms with Gasteiger partial charge in [0.2, 0.25) is 0 Å². The first-order valence-electron chi connectivity index (χ1n) is 7.17. The Labute approximate surface area is 130 Å². The molecule has 21 heavy (non-hydrogen) atoms. The van der Waals surface area contributed by atoms with Crippen molar-refractivity contribution in [2.24, 2.45) is 0 Å². The Hall–Kier alpha value is -1.46. The Morgan fingerprint density at radius 1 is 1.43 bits per heavy atom. The van der Waals surface area contributed by atoms with Crippen molar-refractivity contribution in [3.05, 3.63) is 28.8 Å². The van der Waals surface area contributed by atoms with Crippen LogP contribution in [-0.2, 0) is 6.42 Å². The summed E-state index contributed by atoms with van der Waals surface area (Å²) in [4.78, 5) is 11.6. The molecule has 0 saturated carbocycles. The van der Waals surface area contributed by atoms with Crippen molar-refractivity contribution in [1.29, 1.82) is 0 Å². The minimum absolute atomic E-state index is 0.0628. The molecular weight excluding hydrogens is 292 g/mol. The molecule has 0 aliphatic heterocycles. The Balaban J connectivity index is 2.48. The molecule has 6 heteroatoms. The van der Waals surface area contributed by atoms with Crippen LogP contribution in [-0.4, -0.2) is 36.9 Å². The van der Waals surface area contributed by atoms with Crippen LogP contribution in [0.4, 0.5) is 4.79 Å². The van der Waals surface area contributed by atoms with Crippen LogP contribution in [0.25, 0.3) is 0 Å². The van der Waals surface area contributed by atoms with E-state index in [1.165, 1.54) is 0 Å². The molecule has 0 aliphatic rings. The van der Waals surface area contributed by atoms with E-state index in [1.54, 1.807) is 6.07 Å². The number of nitrogens with one attached hydrogen (secondary N) is 2. The summed E-state index contributed by atoms with van der Waals surface area (Å²) in [6, 6.07) is 4.96. The number of amides is 2. The molecule has 0 saturated heterocycles. The number of benzene rings is 1. The number of aliphatic hydroxyl groups excluding tert-OH is 1. The fourth-order valence-corrected chi connectivity index (χ4v) is 2.06. The van der Waals surface area contributed by atoms with Crippen molar-refractivity contribution < 1.29 is 14.6 Å². The Morgan fingerprint density at radius 2 is 2.19 bits per heavy atom. The van der Waals surface area contributed by atoms with Crippen molar-refractivity contribution in [1.82, 2.24) is 10.6 Å². The molecule has 0 fully saturated rings. The zero-order valence-corrected chi connectivity index (χ0v) is 13.2. The van der Waals surface area contributed by atoms with Crippen molar-refractivity contribution in [3.63, 3.8) is 0 Å². The largest absolute Gasteiger partial charge is 0.494 e. The Bertz CT molecular complexity index is 451. The molecule has 0 heterocycles. The molecule has 3 N–H and O–H groups in total. The number of rotatable bonds is 8. The van der Waals surface area contributed by atoms with Crippen molar-refractivity contribution in [3.8, 4) is 5.75 Å². The maximum atomic E-state index is 11.6. The molecule has 1 atom stereocenters. The SMILES string of the molecule is CCOc1ccc(Cl)cc1CCNC(=O)NC(CC)CO. The second-order valence-corrected chi connectivity index (χ2v) is 5.06. The van der Waals surface area contributed by atoms with Gasteiger partial charge in [0.05, 0.1) is 19.3 Å². The van der Waals surface area contributed by atoms with Gasteiger partial charge < -0.3 is 20.5 Å². The third kappa shape index (κ3) is 6.23. The second-order valence-electron chi connectivity index (χ2n) is 4.62. The van der Waals surface area contributed by atoms with Gasteiger partial charge in [0.1, 0.15) is 5.75 Å². The minimum atomic E-state index is -0.282. The zero-order chi connectivity index (χ0) is 15.7. The maximum absolute atomic E-state index is 11.6. The van der Waals surface area contributed by atoms with Gasteiger partial charge in [0.25, 0.3) is 0 Å². The van der Waals surface area contributed by atoms with Crippen LogP contribution < -0.4 is 15.4 Å². The number of halogens is 1. The van der Waals surface area contributed by atoms with Gasteiger partial charge in [-0.15, -0.1) is 0 Å². The van der Waals surface area contributed by atoms with Crippen LogP contribution in [0.1, 0.15) is 25.8 Å². The first-order valence-corrected chi connectivity index (χ1v) is 7.54. The van der Waals surface area contributed by atoms with Gasteiger partial charge in [-0.1, -0.05) is 18.5 Å². The minimum Gasteiger partial charge on any atom is -0.494 e. The number of urea groups is 1. The molecule has 118 valence electrons. The van der Waals surface area contributed by atoms with Crippen molar-refractivity contribution in [2.45, 2.75) is 32.7 Å². The third-order valence-corrected chi connectivity index (χ3v) is 3.29. The molecule has 0 radical (unpaired) electrons. The summed E-state index contributed by atoms with van der Waals surface area (Å²) in [6.07, 6.45) is 1.31. The smallest absolute Gasteiger partial charge is 0.315 e. The summed E-state index contributed by atoms with van der Waals surface area (Å²) in [5.41, 5.74) is 0.957. The fraction of sp³-hybridized carbons (Fsp3) is 0.533. The van der Waals surface area contributed by atoms with Crippen molar-refractivity contribution >= 4 is 17.6 Å². The molecule has 5 nitrogen and oxygen atoms in total. The number of hydrogen-bond donors (Lipinski definition) is 3. The first kappa shape index (κ1) is 17.6. The quantitative estimate of drug-likeness (QED) is 0.690. The number of carbonyl (C=O) groups is 1. The maximum Gasteiger partial charge on any atom is 0.315 e. The molecular formula is C15H23ClN2O3. The monoisotopic (exact) mass is 314 g/mol. The number of carbonyl (C=O) groups excluding carboxylic acids is 1. The molecule has 0 bridgehead atoms. The van der Waals surface area contributed by atoms with E-state index in [0.717, 1.165) is 11.3 Å². The third-order valence-electron chi connectivity index (χ3n) is 3.05. The van der Waals surface area contributed by atoms with Crippen LogP contribution in [0, 0.1) is 0 Å². The molecule has 0 spiro atoms. The molecule has 0 aromatic heterocycles. The summed E-state index contributed by atoms with van der Waals surface area (Å²) in [6.45, 7) is 4.81. The number of aliphatic hydroxyl groups is 1. The van der Waals surface area contributed by atoms with Gasteiger partial charge >= 0.3 is 6.03 Å². The molecule has 2 amide bonds. The predicted molar refractivity (Wildman–Crippen MR) is 84.0 cm³/mol. The highest BCUT2D eigenvalue weighted by molar-refractivity contribution is 6.30. The average Bonchev–Trinajstić information content (AvgIpc) is 2.47. The molecule has 1 aromatic carbocycles. The summed E-state index contributed by atoms with van der Waals surface area (Å²) in [5.74, 6) is 0.783. The normalized spacial score (nSPS) is 11.8. The van der Waals surface area contributed by atoms with Gasteiger partial charge in [-0.05, 0) is 43.5 Å². The van der Waals surface area contributed by atoms with E-state index in [9.17, 15) is 4.79 Å². The topological polar surface area (TPSA) is 70.6 Å². The Morgan fingerprint density at radius 3 is 2.81 bits per heavy atom. The highest BCUT2D eigenvalue weighted by Gasteiger charge is 2.09. The van der Waals surface area contributed by atoms with Crippen LogP contribution in [0.5, 0.6) is 5.75 Å². The van der Waals surface area contributed by atoms with Gasteiger partial charge in [-0.2, -0.15) is 0 Å². The predicted octanol–water partition coefficient (Wildman–Crippen LogP) is 2.35. The molecule has 1 unspecified atom stereocenters. The lowest BCUT2D eigenvalue weighted by Gasteiger charge is -2.15. The highest BCUT2D eigenvalue weighted by atomic mass is 35.5. The molecule has 1 aromatic rings. The highest BCUT2D eigenvalue weighted by Crippen LogP contribution is 2.23. The lowest BCUT2D eigenvalue weighted by atomic mass is 10.1. The second kappa shape index (κ2) is 9.47. The van der Waals surface area contributed by atoms with Gasteiger partial charge in [-0.3, -0.25) is 0 Å². The van der Waals surface area contributed by atoms with E-state index in [0.29, 0.717) is 31.0 Å². The summed E-state index contributed by atoms with van der Waals surface area (Å²) < 4.78 is 5.53. The van der Waals surface area contributed by atoms with E-state index in [4.69, 9.17) is 21.4 Å². The Kier molecular flexibility index (Phi) is 7.93. The summed E-state index contributed by atoms with van der Waals surface area (Å²) in [5, 5.41) is 15.1. The van der Waals surface area contributed by atoms with E-state index in [-0.39, 0.29) is 18.7 Å². The van der Waals surface area contributed by atoms with Gasteiger partial charge in [0, 0.05) is 11.6 Å². The zero-order valence-electron chi connectivity index (χ0n) is 12.5. The number of hydrogen-bond acceptors (Lipinski definition) is 3. The molecule has 1 rings (SSSR count). The summed E-state index contributed by atoms with van der Waals surface area (Å²) in [7, 11) is 0. The van der Waals surface area contributed by atoms with E-state index in [1.807, 2.05) is 26.0 Å². The van der Waals surface area contributed by atoms with E-state index < -0.39 is 0 Å². The number of ether oxygens (including phenoxy) is 1. The van der Waals surface area contributed by atoms with E-state index >= 15 is 0 Å². The average molecular weight is 315 g/mol. The molecule has 0 aliphatic carbocycles. The summed E-state index contributed by atoms with van der Waals surface area (Å²) >= 11 is 5.98. The lowest BCUT2D eigenvalue weighted by molar-refractivity contribution is 0.214. The standard InChI is InChI=1S/C15H23ClN2O3/c1-3-13(10-19)18-15(20)17-8-7-11-9-12(16)5-6-14(11)21-4-2/h5-6,9,13,19H,3-4,7-8,10H2,1-2H3,(H2,17,18,20). The van der Waals surface area contributed by atoms with Crippen LogP contribution in [0.2, 0.25) is 5.02 Å². The first-order chi connectivity index (χ1) is 10.1.